The molecule has 0 aliphatic rings. The summed E-state index contributed by atoms with van der Waals surface area (Å²) in [5.41, 5.74) is 1.87. The fourth-order valence-corrected chi connectivity index (χ4v) is 5.10. The van der Waals surface area contributed by atoms with Gasteiger partial charge in [0.2, 0.25) is 21.7 Å². The molecule has 1 aromatic heterocycles. The van der Waals surface area contributed by atoms with Crippen molar-refractivity contribution in [3.63, 3.8) is 0 Å². The second-order valence-corrected chi connectivity index (χ2v) is 10.4. The number of nitrogens with one attached hydrogen (secondary N) is 2. The van der Waals surface area contributed by atoms with Crippen LogP contribution in [-0.2, 0) is 31.0 Å². The molecule has 0 bridgehead atoms. The number of ether oxygens (including phenoxy) is 1. The summed E-state index contributed by atoms with van der Waals surface area (Å²) in [5, 5.41) is 2.98. The highest BCUT2D eigenvalue weighted by Crippen LogP contribution is 2.27. The lowest BCUT2D eigenvalue weighted by Gasteiger charge is -2.13. The highest BCUT2D eigenvalue weighted by Gasteiger charge is 2.23. The standard InChI is InChI=1S/C24H24N2O6S2/c1-17(21-11-12-22(33-21)23(28)18-7-3-2-4-8-18)24(29)26-34(30,31)14-13-25-20-10-6-5-9-19(20)15-32-16-27/h2-12,16-17,25H,13-15H2,1H3,(H,26,29). The highest BCUT2D eigenvalue weighted by atomic mass is 32.2. The summed E-state index contributed by atoms with van der Waals surface area (Å²) < 4.78 is 31.7. The molecule has 1 amide bonds. The van der Waals surface area contributed by atoms with E-state index in [1.54, 1.807) is 67.6 Å². The van der Waals surface area contributed by atoms with E-state index in [0.29, 0.717) is 33.0 Å². The number of anilines is 1. The molecule has 2 N–H and O–H groups in total. The minimum atomic E-state index is -3.90. The highest BCUT2D eigenvalue weighted by molar-refractivity contribution is 7.90. The molecule has 8 nitrogen and oxygen atoms in total. The molecular weight excluding hydrogens is 476 g/mol. The second-order valence-electron chi connectivity index (χ2n) is 7.40. The maximum absolute atomic E-state index is 12.6. The largest absolute Gasteiger partial charge is 0.463 e. The molecule has 0 saturated heterocycles. The van der Waals surface area contributed by atoms with Gasteiger partial charge in [-0.25, -0.2) is 8.42 Å². The number of para-hydroxylation sites is 1. The minimum absolute atomic E-state index is 0.0455. The quantitative estimate of drug-likeness (QED) is 0.289. The Morgan fingerprint density at radius 1 is 1.03 bits per heavy atom. The molecule has 1 heterocycles. The van der Waals surface area contributed by atoms with Gasteiger partial charge < -0.3 is 10.1 Å². The fraction of sp³-hybridized carbons (Fsp3) is 0.208. The van der Waals surface area contributed by atoms with Crippen molar-refractivity contribution in [2.75, 3.05) is 17.6 Å². The van der Waals surface area contributed by atoms with Crippen LogP contribution in [0.3, 0.4) is 0 Å². The van der Waals surface area contributed by atoms with E-state index in [2.05, 4.69) is 10.0 Å². The van der Waals surface area contributed by atoms with E-state index in [1.807, 2.05) is 6.07 Å². The molecule has 1 atom stereocenters. The molecule has 0 spiro atoms. The molecule has 34 heavy (non-hydrogen) atoms. The molecule has 10 heteroatoms. The first-order valence-corrected chi connectivity index (χ1v) is 12.9. The van der Waals surface area contributed by atoms with E-state index in [1.165, 1.54) is 11.3 Å². The monoisotopic (exact) mass is 500 g/mol. The summed E-state index contributed by atoms with van der Waals surface area (Å²) in [6.45, 7) is 2.04. The molecular formula is C24H24N2O6S2. The molecule has 178 valence electrons. The third kappa shape index (κ3) is 6.75. The normalized spacial score (nSPS) is 11.9. The number of carbonyl (C=O) groups is 3. The number of thiophene rings is 1. The van der Waals surface area contributed by atoms with Crippen LogP contribution in [0.5, 0.6) is 0 Å². The van der Waals surface area contributed by atoms with Gasteiger partial charge in [-0.2, -0.15) is 0 Å². The van der Waals surface area contributed by atoms with Crippen molar-refractivity contribution in [2.24, 2.45) is 0 Å². The maximum atomic E-state index is 12.6. The van der Waals surface area contributed by atoms with Gasteiger partial charge in [0.05, 0.1) is 16.5 Å². The van der Waals surface area contributed by atoms with Gasteiger partial charge in [0, 0.05) is 28.2 Å². The van der Waals surface area contributed by atoms with Crippen molar-refractivity contribution >= 4 is 45.2 Å². The van der Waals surface area contributed by atoms with Gasteiger partial charge in [-0.15, -0.1) is 11.3 Å². The van der Waals surface area contributed by atoms with Gasteiger partial charge >= 0.3 is 0 Å². The van der Waals surface area contributed by atoms with Gasteiger partial charge in [-0.05, 0) is 25.1 Å². The Morgan fingerprint density at radius 3 is 2.47 bits per heavy atom. The van der Waals surface area contributed by atoms with Crippen molar-refractivity contribution in [3.8, 4) is 0 Å². The summed E-state index contributed by atoms with van der Waals surface area (Å²) in [6, 6.07) is 19.1. The summed E-state index contributed by atoms with van der Waals surface area (Å²) in [7, 11) is -3.90. The lowest BCUT2D eigenvalue weighted by molar-refractivity contribution is -0.129. The van der Waals surface area contributed by atoms with Crippen molar-refractivity contribution in [1.29, 1.82) is 0 Å². The number of carbonyl (C=O) groups excluding carboxylic acids is 3. The van der Waals surface area contributed by atoms with Crippen LogP contribution in [-0.4, -0.2) is 38.9 Å². The molecule has 2 aromatic carbocycles. The summed E-state index contributed by atoms with van der Waals surface area (Å²) in [5.74, 6) is -1.90. The first kappa shape index (κ1) is 25.1. The zero-order chi connectivity index (χ0) is 24.6. The van der Waals surface area contributed by atoms with Crippen LogP contribution >= 0.6 is 11.3 Å². The van der Waals surface area contributed by atoms with Crippen molar-refractivity contribution in [3.05, 3.63) is 87.6 Å². The Balaban J connectivity index is 1.56. The minimum Gasteiger partial charge on any atom is -0.463 e. The molecule has 0 saturated carbocycles. The first-order valence-electron chi connectivity index (χ1n) is 10.4. The maximum Gasteiger partial charge on any atom is 0.293 e. The number of hydrogen-bond acceptors (Lipinski definition) is 8. The van der Waals surface area contributed by atoms with Gasteiger partial charge in [-0.3, -0.25) is 19.1 Å². The van der Waals surface area contributed by atoms with Crippen molar-refractivity contribution in [1.82, 2.24) is 4.72 Å². The van der Waals surface area contributed by atoms with E-state index in [4.69, 9.17) is 4.74 Å². The zero-order valence-electron chi connectivity index (χ0n) is 18.4. The number of benzene rings is 2. The number of ketones is 1. The number of sulfonamides is 1. The summed E-state index contributed by atoms with van der Waals surface area (Å²) in [6.07, 6.45) is 0. The van der Waals surface area contributed by atoms with Crippen LogP contribution in [0.1, 0.15) is 38.5 Å². The van der Waals surface area contributed by atoms with Crippen molar-refractivity contribution < 1.29 is 27.5 Å². The SMILES string of the molecule is CC(C(=O)NS(=O)(=O)CCNc1ccccc1COC=O)c1ccc(C(=O)c2ccccc2)s1. The Labute approximate surface area is 202 Å². The molecule has 0 aliphatic heterocycles. The average molecular weight is 501 g/mol. The van der Waals surface area contributed by atoms with Crippen LogP contribution in [0.25, 0.3) is 0 Å². The summed E-state index contributed by atoms with van der Waals surface area (Å²) >= 11 is 1.17. The van der Waals surface area contributed by atoms with Crippen LogP contribution in [0.15, 0.2) is 66.7 Å². The molecule has 0 aliphatic carbocycles. The Kier molecular flexibility index (Phi) is 8.55. The number of amides is 1. The fourth-order valence-electron chi connectivity index (χ4n) is 3.12. The molecule has 3 aromatic rings. The predicted octanol–water partition coefficient (Wildman–Crippen LogP) is 3.31. The van der Waals surface area contributed by atoms with Crippen LogP contribution in [0, 0.1) is 0 Å². The van der Waals surface area contributed by atoms with Crippen LogP contribution < -0.4 is 10.0 Å². The smallest absolute Gasteiger partial charge is 0.293 e. The third-order valence-electron chi connectivity index (χ3n) is 4.97. The Morgan fingerprint density at radius 2 is 1.74 bits per heavy atom. The van der Waals surface area contributed by atoms with Crippen molar-refractivity contribution in [2.45, 2.75) is 19.4 Å². The Hall–Kier alpha value is -3.50. The lowest BCUT2D eigenvalue weighted by Crippen LogP contribution is -2.36. The van der Waals surface area contributed by atoms with Crippen LogP contribution in [0.2, 0.25) is 0 Å². The van der Waals surface area contributed by atoms with E-state index >= 15 is 0 Å². The van der Waals surface area contributed by atoms with Crippen LogP contribution in [0.4, 0.5) is 5.69 Å². The molecule has 0 fully saturated rings. The van der Waals surface area contributed by atoms with E-state index in [9.17, 15) is 22.8 Å². The lowest BCUT2D eigenvalue weighted by atomic mass is 10.1. The number of hydrogen-bond donors (Lipinski definition) is 2. The Bertz CT molecular complexity index is 1260. The average Bonchev–Trinajstić information content (AvgIpc) is 3.33. The first-order chi connectivity index (χ1) is 16.3. The molecule has 1 unspecified atom stereocenters. The van der Waals surface area contributed by atoms with Gasteiger partial charge in [-0.1, -0.05) is 48.5 Å². The summed E-state index contributed by atoms with van der Waals surface area (Å²) in [4.78, 5) is 36.6. The van der Waals surface area contributed by atoms with Gasteiger partial charge in [0.25, 0.3) is 6.47 Å². The van der Waals surface area contributed by atoms with E-state index in [0.717, 1.165) is 0 Å². The van der Waals surface area contributed by atoms with E-state index in [-0.39, 0.29) is 24.7 Å². The van der Waals surface area contributed by atoms with Gasteiger partial charge in [0.1, 0.15) is 6.61 Å². The van der Waals surface area contributed by atoms with E-state index < -0.39 is 21.8 Å². The predicted molar refractivity (Wildman–Crippen MR) is 130 cm³/mol. The molecule has 0 radical (unpaired) electrons. The zero-order valence-corrected chi connectivity index (χ0v) is 20.0. The second kappa shape index (κ2) is 11.6. The molecule has 3 rings (SSSR count). The third-order valence-corrected chi connectivity index (χ3v) is 7.49. The topological polar surface area (TPSA) is 119 Å². The number of rotatable bonds is 12. The van der Waals surface area contributed by atoms with Gasteiger partial charge in [0.15, 0.2) is 0 Å².